The SMILES string of the molecule is CCCCCCCCCCCCCCCC[O+](CCC)CCC. The highest BCUT2D eigenvalue weighted by molar-refractivity contribution is 4.50. The van der Waals surface area contributed by atoms with Crippen molar-refractivity contribution in [1.29, 1.82) is 0 Å². The molecule has 0 heterocycles. The fourth-order valence-corrected chi connectivity index (χ4v) is 3.38. The van der Waals surface area contributed by atoms with E-state index in [0.29, 0.717) is 0 Å². The van der Waals surface area contributed by atoms with Crippen molar-refractivity contribution in [3.05, 3.63) is 0 Å². The Morgan fingerprint density at radius 3 is 1.04 bits per heavy atom. The Morgan fingerprint density at radius 2 is 0.696 bits per heavy atom. The average molecular weight is 328 g/mol. The average Bonchev–Trinajstić information content (AvgIpc) is 2.55. The van der Waals surface area contributed by atoms with Crippen LogP contribution in [-0.2, 0) is 4.37 Å². The minimum atomic E-state index is 1.21. The van der Waals surface area contributed by atoms with E-state index in [2.05, 4.69) is 25.1 Å². The second kappa shape index (κ2) is 20.0. The lowest BCUT2D eigenvalue weighted by molar-refractivity contribution is -0.140. The third-order valence-electron chi connectivity index (χ3n) is 4.77. The fraction of sp³-hybridized carbons (Fsp3) is 1.00. The first-order chi connectivity index (χ1) is 11.3. The zero-order valence-electron chi connectivity index (χ0n) is 16.8. The van der Waals surface area contributed by atoms with Gasteiger partial charge in [0.1, 0.15) is 19.8 Å². The van der Waals surface area contributed by atoms with Gasteiger partial charge >= 0.3 is 0 Å². The summed E-state index contributed by atoms with van der Waals surface area (Å²) in [7, 11) is 0. The van der Waals surface area contributed by atoms with Crippen molar-refractivity contribution in [3.63, 3.8) is 0 Å². The van der Waals surface area contributed by atoms with E-state index in [4.69, 9.17) is 0 Å². The van der Waals surface area contributed by atoms with Crippen LogP contribution in [0.2, 0.25) is 0 Å². The molecule has 0 aromatic rings. The van der Waals surface area contributed by atoms with Crippen molar-refractivity contribution in [2.24, 2.45) is 0 Å². The summed E-state index contributed by atoms with van der Waals surface area (Å²) in [6.45, 7) is 10.5. The second-order valence-corrected chi connectivity index (χ2v) is 7.32. The Kier molecular flexibility index (Phi) is 20.0. The zero-order chi connectivity index (χ0) is 17.0. The molecule has 0 unspecified atom stereocenters. The molecule has 0 saturated heterocycles. The predicted octanol–water partition coefficient (Wildman–Crippen LogP) is 7.84. The minimum Gasteiger partial charge on any atom is -0.422 e. The number of hydrogen-bond donors (Lipinski definition) is 0. The molecule has 0 N–H and O–H groups in total. The van der Waals surface area contributed by atoms with Crippen LogP contribution >= 0.6 is 0 Å². The molecular formula is C22H47O+. The van der Waals surface area contributed by atoms with Crippen LogP contribution in [0.5, 0.6) is 0 Å². The molecule has 0 aliphatic rings. The van der Waals surface area contributed by atoms with Gasteiger partial charge in [0.15, 0.2) is 0 Å². The van der Waals surface area contributed by atoms with Crippen LogP contribution in [0.15, 0.2) is 0 Å². The van der Waals surface area contributed by atoms with E-state index in [9.17, 15) is 0 Å². The predicted molar refractivity (Wildman–Crippen MR) is 107 cm³/mol. The molecule has 23 heavy (non-hydrogen) atoms. The summed E-state index contributed by atoms with van der Waals surface area (Å²) in [5.74, 6) is 0. The summed E-state index contributed by atoms with van der Waals surface area (Å²) in [5.41, 5.74) is 0. The zero-order valence-corrected chi connectivity index (χ0v) is 16.8. The Balaban J connectivity index is 3.15. The van der Waals surface area contributed by atoms with E-state index >= 15 is 0 Å². The molecular weight excluding hydrogens is 280 g/mol. The molecule has 0 spiro atoms. The van der Waals surface area contributed by atoms with Gasteiger partial charge in [-0.05, 0) is 6.42 Å². The number of rotatable bonds is 19. The normalized spacial score (nSPS) is 11.5. The van der Waals surface area contributed by atoms with Gasteiger partial charge in [0, 0.05) is 19.3 Å². The van der Waals surface area contributed by atoms with Crippen molar-refractivity contribution in [3.8, 4) is 0 Å². The quantitative estimate of drug-likeness (QED) is 0.168. The summed E-state index contributed by atoms with van der Waals surface area (Å²) >= 11 is 0. The van der Waals surface area contributed by atoms with Crippen molar-refractivity contribution in [1.82, 2.24) is 0 Å². The highest BCUT2D eigenvalue weighted by Crippen LogP contribution is 2.13. The lowest BCUT2D eigenvalue weighted by Crippen LogP contribution is -2.17. The smallest absolute Gasteiger partial charge is 0.145 e. The molecule has 1 nitrogen and oxygen atoms in total. The van der Waals surface area contributed by atoms with Crippen LogP contribution in [0.1, 0.15) is 124 Å². The maximum atomic E-state index is 3.46. The van der Waals surface area contributed by atoms with Gasteiger partial charge in [0.25, 0.3) is 0 Å². The third kappa shape index (κ3) is 18.1. The Bertz CT molecular complexity index is 196. The highest BCUT2D eigenvalue weighted by Gasteiger charge is 2.06. The molecule has 0 aromatic heterocycles. The van der Waals surface area contributed by atoms with Gasteiger partial charge < -0.3 is 4.37 Å². The molecule has 0 aliphatic carbocycles. The van der Waals surface area contributed by atoms with E-state index < -0.39 is 0 Å². The van der Waals surface area contributed by atoms with Crippen LogP contribution in [-0.4, -0.2) is 19.8 Å². The molecule has 1 heteroatoms. The molecule has 0 bridgehead atoms. The molecule has 0 rings (SSSR count). The van der Waals surface area contributed by atoms with Crippen molar-refractivity contribution in [2.45, 2.75) is 124 Å². The molecule has 0 aromatic carbocycles. The minimum absolute atomic E-state index is 1.21. The van der Waals surface area contributed by atoms with Gasteiger partial charge in [0.2, 0.25) is 0 Å². The maximum absolute atomic E-state index is 3.46. The molecule has 0 radical (unpaired) electrons. The van der Waals surface area contributed by atoms with Crippen molar-refractivity contribution < 1.29 is 4.37 Å². The van der Waals surface area contributed by atoms with E-state index in [1.807, 2.05) is 0 Å². The standard InChI is InChI=1S/C22H47O/c1-4-7-8-9-10-11-12-13-14-15-16-17-18-19-22-23(20-5-2)21-6-3/h4-22H2,1-3H3/q+1. The second-order valence-electron chi connectivity index (χ2n) is 7.32. The van der Waals surface area contributed by atoms with Crippen molar-refractivity contribution >= 4 is 0 Å². The first-order valence-electron chi connectivity index (χ1n) is 11.0. The van der Waals surface area contributed by atoms with Crippen LogP contribution in [0, 0.1) is 0 Å². The molecule has 0 fully saturated rings. The summed E-state index contributed by atoms with van der Waals surface area (Å²) in [5, 5.41) is 0. The first-order valence-corrected chi connectivity index (χ1v) is 11.0. The van der Waals surface area contributed by atoms with E-state index in [1.54, 1.807) is 0 Å². The molecule has 0 aliphatic heterocycles. The van der Waals surface area contributed by atoms with Gasteiger partial charge in [-0.1, -0.05) is 97.8 Å². The monoisotopic (exact) mass is 327 g/mol. The van der Waals surface area contributed by atoms with Crippen LogP contribution in [0.4, 0.5) is 0 Å². The van der Waals surface area contributed by atoms with Crippen LogP contribution < -0.4 is 0 Å². The summed E-state index contributed by atoms with van der Waals surface area (Å²) in [6.07, 6.45) is 22.8. The molecule has 140 valence electrons. The largest absolute Gasteiger partial charge is 0.422 e. The fourth-order valence-electron chi connectivity index (χ4n) is 3.38. The summed E-state index contributed by atoms with van der Waals surface area (Å²) in [6, 6.07) is 0. The van der Waals surface area contributed by atoms with Gasteiger partial charge in [-0.15, -0.1) is 0 Å². The third-order valence-corrected chi connectivity index (χ3v) is 4.77. The summed E-state index contributed by atoms with van der Waals surface area (Å²) in [4.78, 5) is 0. The summed E-state index contributed by atoms with van der Waals surface area (Å²) < 4.78 is 3.46. The highest BCUT2D eigenvalue weighted by atomic mass is 16.7. The molecule has 0 saturated carbocycles. The Hall–Kier alpha value is -0.0400. The Morgan fingerprint density at radius 1 is 0.348 bits per heavy atom. The number of hydrogen-bond acceptors (Lipinski definition) is 0. The lowest BCUT2D eigenvalue weighted by Gasteiger charge is -2.18. The van der Waals surface area contributed by atoms with Gasteiger partial charge in [-0.25, -0.2) is 0 Å². The lowest BCUT2D eigenvalue weighted by atomic mass is 10.0. The topological polar surface area (TPSA) is 2.70 Å². The van der Waals surface area contributed by atoms with E-state index in [-0.39, 0.29) is 0 Å². The number of unbranched alkanes of at least 4 members (excludes halogenated alkanes) is 13. The first kappa shape index (κ1) is 23.0. The van der Waals surface area contributed by atoms with E-state index in [0.717, 1.165) is 0 Å². The maximum Gasteiger partial charge on any atom is 0.145 e. The molecule has 0 amide bonds. The van der Waals surface area contributed by atoms with Crippen LogP contribution in [0.25, 0.3) is 0 Å². The van der Waals surface area contributed by atoms with Gasteiger partial charge in [0.05, 0.1) is 0 Å². The van der Waals surface area contributed by atoms with Gasteiger partial charge in [-0.3, -0.25) is 0 Å². The Labute approximate surface area is 148 Å². The molecule has 0 atom stereocenters. The van der Waals surface area contributed by atoms with Crippen LogP contribution in [0.3, 0.4) is 0 Å². The van der Waals surface area contributed by atoms with Crippen molar-refractivity contribution in [2.75, 3.05) is 19.8 Å². The van der Waals surface area contributed by atoms with Gasteiger partial charge in [-0.2, -0.15) is 0 Å². The van der Waals surface area contributed by atoms with E-state index in [1.165, 1.54) is 123 Å².